The van der Waals surface area contributed by atoms with E-state index in [1.807, 2.05) is 12.1 Å². The van der Waals surface area contributed by atoms with Crippen LogP contribution in [0.1, 0.15) is 36.1 Å². The van der Waals surface area contributed by atoms with Crippen LogP contribution >= 0.6 is 0 Å². The lowest BCUT2D eigenvalue weighted by Crippen LogP contribution is -2.48. The van der Waals surface area contributed by atoms with Gasteiger partial charge < -0.3 is 10.6 Å². The second-order valence-corrected chi connectivity index (χ2v) is 6.85. The molecule has 2 amide bonds. The molecular formula is C21H20F2N2O3. The lowest BCUT2D eigenvalue weighted by molar-refractivity contribution is -0.131. The molecule has 0 aromatic heterocycles. The molecule has 0 heterocycles. The number of Topliss-reactive ketones (excluding diaryl/α,β-unsaturated/α-hetero) is 1. The van der Waals surface area contributed by atoms with E-state index < -0.39 is 35.5 Å². The van der Waals surface area contributed by atoms with Gasteiger partial charge in [-0.05, 0) is 42.2 Å². The van der Waals surface area contributed by atoms with Gasteiger partial charge in [-0.2, -0.15) is 0 Å². The second-order valence-electron chi connectivity index (χ2n) is 6.85. The van der Waals surface area contributed by atoms with Gasteiger partial charge in [-0.3, -0.25) is 14.4 Å². The van der Waals surface area contributed by atoms with Gasteiger partial charge in [0, 0.05) is 12.5 Å². The molecule has 28 heavy (non-hydrogen) atoms. The van der Waals surface area contributed by atoms with E-state index in [9.17, 15) is 23.2 Å². The maximum absolute atomic E-state index is 13.2. The summed E-state index contributed by atoms with van der Waals surface area (Å²) in [6.07, 6.45) is 0.711. The fourth-order valence-corrected chi connectivity index (χ4v) is 3.30. The van der Waals surface area contributed by atoms with E-state index in [1.54, 1.807) is 12.1 Å². The summed E-state index contributed by atoms with van der Waals surface area (Å²) < 4.78 is 26.4. The van der Waals surface area contributed by atoms with E-state index in [4.69, 9.17) is 0 Å². The van der Waals surface area contributed by atoms with Crippen LogP contribution < -0.4 is 10.6 Å². The van der Waals surface area contributed by atoms with Crippen LogP contribution in [0.5, 0.6) is 0 Å². The summed E-state index contributed by atoms with van der Waals surface area (Å²) in [6, 6.07) is 8.60. The summed E-state index contributed by atoms with van der Waals surface area (Å²) in [5.41, 5.74) is 1.94. The zero-order valence-electron chi connectivity index (χ0n) is 15.3. The summed E-state index contributed by atoms with van der Waals surface area (Å²) in [6.45, 7) is 1.48. The van der Waals surface area contributed by atoms with E-state index in [-0.39, 0.29) is 17.8 Å². The van der Waals surface area contributed by atoms with Crippen LogP contribution in [0, 0.1) is 11.6 Å². The number of nitrogens with one attached hydrogen (secondary N) is 2. The van der Waals surface area contributed by atoms with Crippen molar-refractivity contribution in [2.75, 3.05) is 0 Å². The first-order valence-corrected chi connectivity index (χ1v) is 8.98. The van der Waals surface area contributed by atoms with Crippen LogP contribution in [0.25, 0.3) is 0 Å². The van der Waals surface area contributed by atoms with Crippen molar-refractivity contribution in [1.29, 1.82) is 0 Å². The van der Waals surface area contributed by atoms with Crippen LogP contribution in [-0.2, 0) is 27.2 Å². The number of hydrogen-bond acceptors (Lipinski definition) is 3. The molecule has 0 radical (unpaired) electrons. The zero-order chi connectivity index (χ0) is 20.3. The minimum atomic E-state index is -0.909. The van der Waals surface area contributed by atoms with Crippen LogP contribution in [0.4, 0.5) is 8.78 Å². The molecule has 1 aliphatic carbocycles. The molecule has 0 saturated carbocycles. The van der Waals surface area contributed by atoms with E-state index in [1.165, 1.54) is 6.92 Å². The van der Waals surface area contributed by atoms with Crippen molar-refractivity contribution in [3.63, 3.8) is 0 Å². The molecule has 2 atom stereocenters. The predicted molar refractivity (Wildman–Crippen MR) is 98.3 cm³/mol. The van der Waals surface area contributed by atoms with Gasteiger partial charge in [0.05, 0.1) is 6.42 Å². The lowest BCUT2D eigenvalue weighted by Gasteiger charge is -2.26. The molecule has 0 saturated heterocycles. The monoisotopic (exact) mass is 386 g/mol. The van der Waals surface area contributed by atoms with Crippen molar-refractivity contribution in [3.05, 3.63) is 70.8 Å². The normalized spacial score (nSPS) is 16.8. The highest BCUT2D eigenvalue weighted by atomic mass is 19.1. The standard InChI is InChI=1S/C21H20F2N2O3/c1-12(24-19(27)10-13-8-15(22)11-16(23)9-13)21(28)25-20-17-5-3-2-4-14(17)6-7-18(20)26/h2-5,8-9,11-12,20H,6-7,10H2,1H3,(H,24,27)(H,25,28). The first-order valence-electron chi connectivity index (χ1n) is 8.98. The maximum atomic E-state index is 13.2. The van der Waals surface area contributed by atoms with E-state index in [0.29, 0.717) is 12.8 Å². The van der Waals surface area contributed by atoms with Crippen molar-refractivity contribution in [1.82, 2.24) is 10.6 Å². The van der Waals surface area contributed by atoms with Crippen LogP contribution in [0.15, 0.2) is 42.5 Å². The molecule has 0 aliphatic heterocycles. The lowest BCUT2D eigenvalue weighted by atomic mass is 9.86. The van der Waals surface area contributed by atoms with Gasteiger partial charge in [0.1, 0.15) is 23.7 Å². The number of amides is 2. The van der Waals surface area contributed by atoms with Crippen molar-refractivity contribution >= 4 is 17.6 Å². The third-order valence-corrected chi connectivity index (χ3v) is 4.67. The third-order valence-electron chi connectivity index (χ3n) is 4.67. The number of carbonyl (C=O) groups excluding carboxylic acids is 3. The van der Waals surface area contributed by atoms with Gasteiger partial charge in [-0.1, -0.05) is 24.3 Å². The number of carbonyl (C=O) groups is 3. The average Bonchev–Trinajstić information content (AvgIpc) is 2.63. The number of hydrogen-bond donors (Lipinski definition) is 2. The molecule has 7 heteroatoms. The van der Waals surface area contributed by atoms with Crippen molar-refractivity contribution in [3.8, 4) is 0 Å². The van der Waals surface area contributed by atoms with E-state index in [2.05, 4.69) is 10.6 Å². The van der Waals surface area contributed by atoms with Gasteiger partial charge in [0.15, 0.2) is 5.78 Å². The topological polar surface area (TPSA) is 75.3 Å². The van der Waals surface area contributed by atoms with Gasteiger partial charge in [-0.15, -0.1) is 0 Å². The fraction of sp³-hybridized carbons (Fsp3) is 0.286. The number of ketones is 1. The highest BCUT2D eigenvalue weighted by Gasteiger charge is 2.30. The number of halogens is 2. The van der Waals surface area contributed by atoms with Crippen LogP contribution in [0.3, 0.4) is 0 Å². The minimum Gasteiger partial charge on any atom is -0.344 e. The second kappa shape index (κ2) is 8.29. The minimum absolute atomic E-state index is 0.0826. The Morgan fingerprint density at radius 2 is 1.79 bits per heavy atom. The first kappa shape index (κ1) is 19.7. The summed E-state index contributed by atoms with van der Waals surface area (Å²) in [5, 5.41) is 5.18. The highest BCUT2D eigenvalue weighted by Crippen LogP contribution is 2.27. The Kier molecular flexibility index (Phi) is 5.82. The Balaban J connectivity index is 1.61. The van der Waals surface area contributed by atoms with E-state index in [0.717, 1.165) is 29.3 Å². The van der Waals surface area contributed by atoms with E-state index >= 15 is 0 Å². The predicted octanol–water partition coefficient (Wildman–Crippen LogP) is 2.38. The van der Waals surface area contributed by atoms with Gasteiger partial charge in [-0.25, -0.2) is 8.78 Å². The smallest absolute Gasteiger partial charge is 0.243 e. The SMILES string of the molecule is CC(NC(=O)Cc1cc(F)cc(F)c1)C(=O)NC1C(=O)CCc2ccccc21. The molecule has 1 aliphatic rings. The molecule has 0 spiro atoms. The van der Waals surface area contributed by atoms with Crippen LogP contribution in [0.2, 0.25) is 0 Å². The Labute approximate surface area is 161 Å². The molecule has 146 valence electrons. The number of aryl methyl sites for hydroxylation is 1. The Hall–Kier alpha value is -3.09. The average molecular weight is 386 g/mol. The van der Waals surface area contributed by atoms with Gasteiger partial charge >= 0.3 is 0 Å². The molecule has 3 rings (SSSR count). The quantitative estimate of drug-likeness (QED) is 0.829. The Morgan fingerprint density at radius 1 is 1.11 bits per heavy atom. The maximum Gasteiger partial charge on any atom is 0.243 e. The Bertz CT molecular complexity index is 909. The summed E-state index contributed by atoms with van der Waals surface area (Å²) in [4.78, 5) is 36.8. The number of fused-ring (bicyclic) bond motifs is 1. The van der Waals surface area contributed by atoms with Gasteiger partial charge in [0.25, 0.3) is 0 Å². The largest absolute Gasteiger partial charge is 0.344 e. The molecule has 5 nitrogen and oxygen atoms in total. The highest BCUT2D eigenvalue weighted by molar-refractivity contribution is 5.94. The molecule has 2 unspecified atom stereocenters. The zero-order valence-corrected chi connectivity index (χ0v) is 15.3. The number of rotatable bonds is 5. The molecule has 2 N–H and O–H groups in total. The van der Waals surface area contributed by atoms with Crippen LogP contribution in [-0.4, -0.2) is 23.6 Å². The number of benzene rings is 2. The van der Waals surface area contributed by atoms with Crippen molar-refractivity contribution < 1.29 is 23.2 Å². The first-order chi connectivity index (χ1) is 13.3. The van der Waals surface area contributed by atoms with Crippen molar-refractivity contribution in [2.45, 2.75) is 38.3 Å². The molecule has 0 bridgehead atoms. The molecular weight excluding hydrogens is 366 g/mol. The molecule has 2 aromatic rings. The van der Waals surface area contributed by atoms with Crippen molar-refractivity contribution in [2.24, 2.45) is 0 Å². The fourth-order valence-electron chi connectivity index (χ4n) is 3.30. The third kappa shape index (κ3) is 4.60. The molecule has 0 fully saturated rings. The Morgan fingerprint density at radius 3 is 2.50 bits per heavy atom. The summed E-state index contributed by atoms with van der Waals surface area (Å²) in [7, 11) is 0. The summed E-state index contributed by atoms with van der Waals surface area (Å²) >= 11 is 0. The summed E-state index contributed by atoms with van der Waals surface area (Å²) in [5.74, 6) is -2.69. The van der Waals surface area contributed by atoms with Gasteiger partial charge in [0.2, 0.25) is 11.8 Å². The molecule has 2 aromatic carbocycles.